The normalized spacial score (nSPS) is 17.9. The third-order valence-electron chi connectivity index (χ3n) is 4.17. The van der Waals surface area contributed by atoms with Crippen LogP contribution in [0.2, 0.25) is 0 Å². The van der Waals surface area contributed by atoms with Crippen molar-refractivity contribution < 1.29 is 9.84 Å². The molecule has 2 N–H and O–H groups in total. The van der Waals surface area contributed by atoms with Crippen LogP contribution < -0.4 is 10.2 Å². The van der Waals surface area contributed by atoms with Crippen molar-refractivity contribution in [3.05, 3.63) is 24.3 Å². The largest absolute Gasteiger partial charge is 0.508 e. The fourth-order valence-corrected chi connectivity index (χ4v) is 2.89. The van der Waals surface area contributed by atoms with Gasteiger partial charge in [0.25, 0.3) is 0 Å². The van der Waals surface area contributed by atoms with Gasteiger partial charge in [0.05, 0.1) is 0 Å². The van der Waals surface area contributed by atoms with E-state index in [2.05, 4.69) is 24.2 Å². The van der Waals surface area contributed by atoms with Gasteiger partial charge in [-0.3, -0.25) is 0 Å². The zero-order valence-corrected chi connectivity index (χ0v) is 12.6. The Morgan fingerprint density at radius 2 is 1.90 bits per heavy atom. The summed E-state index contributed by atoms with van der Waals surface area (Å²) in [4.78, 5) is 2.28. The molecule has 112 valence electrons. The van der Waals surface area contributed by atoms with E-state index >= 15 is 0 Å². The van der Waals surface area contributed by atoms with E-state index in [9.17, 15) is 5.11 Å². The van der Waals surface area contributed by atoms with E-state index in [1.165, 1.54) is 0 Å². The van der Waals surface area contributed by atoms with Crippen LogP contribution in [0.25, 0.3) is 0 Å². The molecule has 1 aromatic rings. The molecule has 1 fully saturated rings. The van der Waals surface area contributed by atoms with Crippen LogP contribution in [0.15, 0.2) is 24.3 Å². The van der Waals surface area contributed by atoms with E-state index in [1.807, 2.05) is 12.1 Å². The molecule has 0 bridgehead atoms. The minimum absolute atomic E-state index is 0.279. The standard InChI is InChI=1S/C16H26N2O2/c1-3-17-12-16(8-10-20-11-9-16)13-18(2)14-4-6-15(19)7-5-14/h4-7,17,19H,3,8-13H2,1-2H3. The van der Waals surface area contributed by atoms with Crippen molar-refractivity contribution in [2.75, 3.05) is 44.8 Å². The van der Waals surface area contributed by atoms with E-state index < -0.39 is 0 Å². The molecule has 1 heterocycles. The van der Waals surface area contributed by atoms with Crippen molar-refractivity contribution in [2.24, 2.45) is 5.41 Å². The number of hydrogen-bond acceptors (Lipinski definition) is 4. The zero-order valence-electron chi connectivity index (χ0n) is 12.6. The molecular formula is C16H26N2O2. The highest BCUT2D eigenvalue weighted by Crippen LogP contribution is 2.32. The summed E-state index contributed by atoms with van der Waals surface area (Å²) < 4.78 is 5.53. The summed E-state index contributed by atoms with van der Waals surface area (Å²) in [7, 11) is 2.12. The van der Waals surface area contributed by atoms with Crippen LogP contribution >= 0.6 is 0 Å². The Morgan fingerprint density at radius 1 is 1.25 bits per heavy atom. The molecule has 0 unspecified atom stereocenters. The second-order valence-electron chi connectivity index (χ2n) is 5.77. The third kappa shape index (κ3) is 3.87. The minimum Gasteiger partial charge on any atom is -0.508 e. The van der Waals surface area contributed by atoms with Crippen molar-refractivity contribution in [3.8, 4) is 5.75 Å². The first-order chi connectivity index (χ1) is 9.65. The highest BCUT2D eigenvalue weighted by Gasteiger charge is 2.33. The van der Waals surface area contributed by atoms with Gasteiger partial charge >= 0.3 is 0 Å². The van der Waals surface area contributed by atoms with Crippen molar-refractivity contribution in [1.82, 2.24) is 5.32 Å². The maximum Gasteiger partial charge on any atom is 0.115 e. The lowest BCUT2D eigenvalue weighted by atomic mass is 9.79. The number of aromatic hydroxyl groups is 1. The number of benzene rings is 1. The predicted octanol–water partition coefficient (Wildman–Crippen LogP) is 2.23. The first-order valence-electron chi connectivity index (χ1n) is 7.44. The van der Waals surface area contributed by atoms with Gasteiger partial charge in [-0.2, -0.15) is 0 Å². The minimum atomic E-state index is 0.279. The summed E-state index contributed by atoms with van der Waals surface area (Å²) in [6.07, 6.45) is 2.20. The number of rotatable bonds is 6. The highest BCUT2D eigenvalue weighted by atomic mass is 16.5. The Hall–Kier alpha value is -1.26. The molecular weight excluding hydrogens is 252 g/mol. The SMILES string of the molecule is CCNCC1(CN(C)c2ccc(O)cc2)CCOCC1. The van der Waals surface area contributed by atoms with Gasteiger partial charge in [0.1, 0.15) is 5.75 Å². The molecule has 1 aliphatic heterocycles. The van der Waals surface area contributed by atoms with Crippen LogP contribution in [0.4, 0.5) is 5.69 Å². The quantitative estimate of drug-likeness (QED) is 0.837. The number of phenols is 1. The van der Waals surface area contributed by atoms with E-state index in [4.69, 9.17) is 4.74 Å². The molecule has 1 saturated heterocycles. The van der Waals surface area contributed by atoms with Gasteiger partial charge in [-0.1, -0.05) is 6.92 Å². The molecule has 0 saturated carbocycles. The summed E-state index contributed by atoms with van der Waals surface area (Å²) in [5, 5.41) is 12.9. The van der Waals surface area contributed by atoms with Gasteiger partial charge in [-0.05, 0) is 43.7 Å². The zero-order chi connectivity index (χ0) is 14.4. The first kappa shape index (κ1) is 15.1. The molecule has 2 rings (SSSR count). The summed E-state index contributed by atoms with van der Waals surface area (Å²) in [6.45, 7) is 6.91. The van der Waals surface area contributed by atoms with E-state index in [0.717, 1.165) is 51.4 Å². The molecule has 0 aromatic heterocycles. The number of nitrogens with one attached hydrogen (secondary N) is 1. The van der Waals surface area contributed by atoms with E-state index in [0.29, 0.717) is 5.75 Å². The monoisotopic (exact) mass is 278 g/mol. The average molecular weight is 278 g/mol. The predicted molar refractivity (Wildman–Crippen MR) is 82.4 cm³/mol. The summed E-state index contributed by atoms with van der Waals surface area (Å²) >= 11 is 0. The number of anilines is 1. The average Bonchev–Trinajstić information content (AvgIpc) is 2.47. The molecule has 0 amide bonds. The van der Waals surface area contributed by atoms with Gasteiger partial charge in [-0.15, -0.1) is 0 Å². The maximum atomic E-state index is 9.38. The van der Waals surface area contributed by atoms with Crippen LogP contribution in [0.5, 0.6) is 5.75 Å². The summed E-state index contributed by atoms with van der Waals surface area (Å²) in [5.41, 5.74) is 1.42. The lowest BCUT2D eigenvalue weighted by molar-refractivity contribution is 0.0190. The van der Waals surface area contributed by atoms with Crippen LogP contribution in [0.1, 0.15) is 19.8 Å². The van der Waals surface area contributed by atoms with Crippen LogP contribution in [0.3, 0.4) is 0 Å². The third-order valence-corrected chi connectivity index (χ3v) is 4.17. The molecule has 0 spiro atoms. The first-order valence-corrected chi connectivity index (χ1v) is 7.44. The van der Waals surface area contributed by atoms with Gasteiger partial charge < -0.3 is 20.1 Å². The number of ether oxygens (including phenoxy) is 1. The lowest BCUT2D eigenvalue weighted by Gasteiger charge is -2.41. The van der Waals surface area contributed by atoms with Gasteiger partial charge in [0, 0.05) is 44.5 Å². The Labute approximate surface area is 121 Å². The summed E-state index contributed by atoms with van der Waals surface area (Å²) in [6, 6.07) is 7.42. The lowest BCUT2D eigenvalue weighted by Crippen LogP contribution is -2.46. The van der Waals surface area contributed by atoms with Crippen LogP contribution in [0, 0.1) is 5.41 Å². The fraction of sp³-hybridized carbons (Fsp3) is 0.625. The van der Waals surface area contributed by atoms with Crippen LogP contribution in [-0.4, -0.2) is 45.0 Å². The van der Waals surface area contributed by atoms with Crippen molar-refractivity contribution in [2.45, 2.75) is 19.8 Å². The van der Waals surface area contributed by atoms with Crippen LogP contribution in [-0.2, 0) is 4.74 Å². The van der Waals surface area contributed by atoms with Gasteiger partial charge in [0.2, 0.25) is 0 Å². The number of phenolic OH excluding ortho intramolecular Hbond substituents is 1. The second kappa shape index (κ2) is 6.95. The molecule has 0 aliphatic carbocycles. The van der Waals surface area contributed by atoms with Gasteiger partial charge in [0.15, 0.2) is 0 Å². The van der Waals surface area contributed by atoms with Gasteiger partial charge in [-0.25, -0.2) is 0 Å². The Balaban J connectivity index is 2.04. The number of hydrogen-bond donors (Lipinski definition) is 2. The van der Waals surface area contributed by atoms with Crippen molar-refractivity contribution >= 4 is 5.69 Å². The molecule has 20 heavy (non-hydrogen) atoms. The topological polar surface area (TPSA) is 44.7 Å². The van der Waals surface area contributed by atoms with E-state index in [-0.39, 0.29) is 5.41 Å². The fourth-order valence-electron chi connectivity index (χ4n) is 2.89. The van der Waals surface area contributed by atoms with E-state index in [1.54, 1.807) is 12.1 Å². The Bertz CT molecular complexity index is 399. The Morgan fingerprint density at radius 3 is 2.50 bits per heavy atom. The molecule has 0 atom stereocenters. The molecule has 1 aliphatic rings. The smallest absolute Gasteiger partial charge is 0.115 e. The number of nitrogens with zero attached hydrogens (tertiary/aromatic N) is 1. The Kier molecular flexibility index (Phi) is 5.26. The molecule has 4 heteroatoms. The summed E-state index contributed by atoms with van der Waals surface area (Å²) in [5.74, 6) is 0.315. The van der Waals surface area contributed by atoms with Crippen molar-refractivity contribution in [3.63, 3.8) is 0 Å². The van der Waals surface area contributed by atoms with Crippen molar-refractivity contribution in [1.29, 1.82) is 0 Å². The second-order valence-corrected chi connectivity index (χ2v) is 5.77. The molecule has 1 aromatic carbocycles. The maximum absolute atomic E-state index is 9.38. The molecule has 0 radical (unpaired) electrons. The highest BCUT2D eigenvalue weighted by molar-refractivity contribution is 5.48. The molecule has 4 nitrogen and oxygen atoms in total.